The number of ether oxygens (including phenoxy) is 1. The van der Waals surface area contributed by atoms with Crippen molar-refractivity contribution in [1.82, 2.24) is 0 Å². The molecule has 0 fully saturated rings. The van der Waals surface area contributed by atoms with Crippen LogP contribution in [0.15, 0.2) is 42.5 Å². The summed E-state index contributed by atoms with van der Waals surface area (Å²) in [5.41, 5.74) is 0.0943. The van der Waals surface area contributed by atoms with E-state index in [1.54, 1.807) is 24.3 Å². The molecule has 0 atom stereocenters. The fourth-order valence-electron chi connectivity index (χ4n) is 1.63. The van der Waals surface area contributed by atoms with Crippen molar-refractivity contribution < 1.29 is 23.1 Å². The van der Waals surface area contributed by atoms with E-state index in [2.05, 4.69) is 10.6 Å². The highest BCUT2D eigenvalue weighted by atomic mass is 19.1. The van der Waals surface area contributed by atoms with Crippen molar-refractivity contribution in [3.63, 3.8) is 0 Å². The Morgan fingerprint density at radius 2 is 1.59 bits per heavy atom. The second kappa shape index (κ2) is 6.66. The molecule has 0 spiro atoms. The molecule has 0 aliphatic heterocycles. The Kier molecular flexibility index (Phi) is 4.67. The van der Waals surface area contributed by atoms with Crippen molar-refractivity contribution >= 4 is 23.2 Å². The molecule has 0 unspecified atom stereocenters. The third-order valence-corrected chi connectivity index (χ3v) is 2.73. The fraction of sp³-hybridized carbons (Fsp3) is 0.0667. The summed E-state index contributed by atoms with van der Waals surface area (Å²) < 4.78 is 31.1. The summed E-state index contributed by atoms with van der Waals surface area (Å²) >= 11 is 0. The number of halogens is 2. The molecule has 2 aromatic carbocycles. The number of carbonyl (C=O) groups excluding carboxylic acids is 2. The van der Waals surface area contributed by atoms with E-state index < -0.39 is 23.4 Å². The van der Waals surface area contributed by atoms with Crippen molar-refractivity contribution in [3.8, 4) is 5.75 Å². The topological polar surface area (TPSA) is 67.4 Å². The van der Waals surface area contributed by atoms with Gasteiger partial charge < -0.3 is 15.4 Å². The van der Waals surface area contributed by atoms with Gasteiger partial charge in [0.25, 0.3) is 0 Å². The summed E-state index contributed by atoms with van der Waals surface area (Å²) in [4.78, 5) is 23.4. The zero-order valence-corrected chi connectivity index (χ0v) is 11.5. The Morgan fingerprint density at radius 1 is 0.955 bits per heavy atom. The average Bonchev–Trinajstić information content (AvgIpc) is 2.50. The minimum absolute atomic E-state index is 0.281. The Labute approximate surface area is 124 Å². The maximum atomic E-state index is 13.4. The zero-order valence-electron chi connectivity index (χ0n) is 11.5. The molecular formula is C15H12F2N2O3. The Balaban J connectivity index is 2.01. The van der Waals surface area contributed by atoms with E-state index in [0.717, 1.165) is 12.1 Å². The largest absolute Gasteiger partial charge is 0.497 e. The van der Waals surface area contributed by atoms with Crippen LogP contribution in [0.5, 0.6) is 5.75 Å². The van der Waals surface area contributed by atoms with Gasteiger partial charge in [0.2, 0.25) is 0 Å². The summed E-state index contributed by atoms with van der Waals surface area (Å²) in [6.45, 7) is 0. The molecule has 0 aliphatic rings. The molecule has 0 aromatic heterocycles. The maximum Gasteiger partial charge on any atom is 0.314 e. The molecular weight excluding hydrogens is 294 g/mol. The van der Waals surface area contributed by atoms with Gasteiger partial charge in [-0.05, 0) is 36.4 Å². The van der Waals surface area contributed by atoms with Crippen molar-refractivity contribution in [2.75, 3.05) is 17.7 Å². The number of amides is 2. The van der Waals surface area contributed by atoms with Crippen molar-refractivity contribution in [2.24, 2.45) is 0 Å². The number of benzene rings is 2. The van der Waals surface area contributed by atoms with Crippen LogP contribution in [0, 0.1) is 11.6 Å². The molecule has 7 heteroatoms. The van der Waals surface area contributed by atoms with Crippen LogP contribution in [0.3, 0.4) is 0 Å². The first-order valence-corrected chi connectivity index (χ1v) is 6.21. The summed E-state index contributed by atoms with van der Waals surface area (Å²) in [6, 6.07) is 8.91. The normalized spacial score (nSPS) is 9.95. The molecule has 0 saturated carbocycles. The molecule has 114 valence electrons. The van der Waals surface area contributed by atoms with Crippen LogP contribution in [0.4, 0.5) is 20.2 Å². The first-order chi connectivity index (χ1) is 10.5. The van der Waals surface area contributed by atoms with Gasteiger partial charge in [0.15, 0.2) is 0 Å². The van der Waals surface area contributed by atoms with Gasteiger partial charge in [0.05, 0.1) is 12.8 Å². The lowest BCUT2D eigenvalue weighted by molar-refractivity contribution is -0.133. The quantitative estimate of drug-likeness (QED) is 0.856. The van der Waals surface area contributed by atoms with Crippen LogP contribution >= 0.6 is 0 Å². The number of rotatable bonds is 3. The minimum Gasteiger partial charge on any atom is -0.497 e. The van der Waals surface area contributed by atoms with Crippen molar-refractivity contribution in [3.05, 3.63) is 54.1 Å². The highest BCUT2D eigenvalue weighted by Gasteiger charge is 2.16. The van der Waals surface area contributed by atoms with Crippen LogP contribution in [0.25, 0.3) is 0 Å². The molecule has 5 nitrogen and oxygen atoms in total. The Morgan fingerprint density at radius 3 is 2.18 bits per heavy atom. The summed E-state index contributed by atoms with van der Waals surface area (Å²) in [6.07, 6.45) is 0. The van der Waals surface area contributed by atoms with Gasteiger partial charge in [0.1, 0.15) is 17.4 Å². The van der Waals surface area contributed by atoms with Crippen LogP contribution in [-0.2, 0) is 9.59 Å². The number of hydrogen-bond donors (Lipinski definition) is 2. The van der Waals surface area contributed by atoms with Crippen LogP contribution in [-0.4, -0.2) is 18.9 Å². The van der Waals surface area contributed by atoms with Crippen molar-refractivity contribution in [2.45, 2.75) is 0 Å². The van der Waals surface area contributed by atoms with E-state index in [4.69, 9.17) is 4.74 Å². The van der Waals surface area contributed by atoms with Gasteiger partial charge in [0, 0.05) is 11.8 Å². The maximum absolute atomic E-state index is 13.4. The smallest absolute Gasteiger partial charge is 0.314 e. The standard InChI is InChI=1S/C15H12F2N2O3/c1-22-11-5-3-10(4-6-11)18-14(20)15(21)19-13-7-2-9(16)8-12(13)17/h2-8H,1H3,(H,18,20)(H,19,21). The summed E-state index contributed by atoms with van der Waals surface area (Å²) in [5, 5.41) is 4.40. The van der Waals surface area contributed by atoms with Crippen molar-refractivity contribution in [1.29, 1.82) is 0 Å². The molecule has 0 saturated heterocycles. The Hall–Kier alpha value is -2.96. The lowest BCUT2D eigenvalue weighted by Gasteiger charge is -2.08. The number of carbonyl (C=O) groups is 2. The molecule has 2 aromatic rings. The van der Waals surface area contributed by atoms with E-state index in [1.807, 2.05) is 0 Å². The van der Waals surface area contributed by atoms with Gasteiger partial charge in [-0.2, -0.15) is 0 Å². The first kappa shape index (κ1) is 15.4. The SMILES string of the molecule is COc1ccc(NC(=O)C(=O)Nc2ccc(F)cc2F)cc1. The fourth-order valence-corrected chi connectivity index (χ4v) is 1.63. The van der Waals surface area contributed by atoms with Crippen LogP contribution in [0.2, 0.25) is 0 Å². The van der Waals surface area contributed by atoms with Crippen LogP contribution < -0.4 is 15.4 Å². The molecule has 0 bridgehead atoms. The van der Waals surface area contributed by atoms with Gasteiger partial charge in [-0.1, -0.05) is 0 Å². The first-order valence-electron chi connectivity index (χ1n) is 6.21. The van der Waals surface area contributed by atoms with Gasteiger partial charge in [-0.25, -0.2) is 8.78 Å². The van der Waals surface area contributed by atoms with E-state index in [9.17, 15) is 18.4 Å². The summed E-state index contributed by atoms with van der Waals surface area (Å²) in [5.74, 6) is -3.20. The number of methoxy groups -OCH3 is 1. The lowest BCUT2D eigenvalue weighted by Crippen LogP contribution is -2.29. The van der Waals surface area contributed by atoms with Gasteiger partial charge in [-0.15, -0.1) is 0 Å². The molecule has 2 amide bonds. The number of hydrogen-bond acceptors (Lipinski definition) is 3. The monoisotopic (exact) mass is 306 g/mol. The highest BCUT2D eigenvalue weighted by molar-refractivity contribution is 6.43. The minimum atomic E-state index is -1.07. The van der Waals surface area contributed by atoms with E-state index in [1.165, 1.54) is 7.11 Å². The zero-order chi connectivity index (χ0) is 16.1. The third-order valence-electron chi connectivity index (χ3n) is 2.73. The molecule has 2 N–H and O–H groups in total. The third kappa shape index (κ3) is 3.78. The predicted molar refractivity (Wildman–Crippen MR) is 76.6 cm³/mol. The predicted octanol–water partition coefficient (Wildman–Crippen LogP) is 2.55. The highest BCUT2D eigenvalue weighted by Crippen LogP contribution is 2.16. The summed E-state index contributed by atoms with van der Waals surface area (Å²) in [7, 11) is 1.50. The van der Waals surface area contributed by atoms with Gasteiger partial charge >= 0.3 is 11.8 Å². The van der Waals surface area contributed by atoms with Gasteiger partial charge in [-0.3, -0.25) is 9.59 Å². The van der Waals surface area contributed by atoms with E-state index in [-0.39, 0.29) is 5.69 Å². The Bertz CT molecular complexity index is 702. The molecule has 0 radical (unpaired) electrons. The van der Waals surface area contributed by atoms with E-state index in [0.29, 0.717) is 17.5 Å². The van der Waals surface area contributed by atoms with Crippen LogP contribution in [0.1, 0.15) is 0 Å². The second-order valence-corrected chi connectivity index (χ2v) is 4.26. The number of anilines is 2. The molecule has 22 heavy (non-hydrogen) atoms. The molecule has 0 heterocycles. The molecule has 2 rings (SSSR count). The average molecular weight is 306 g/mol. The number of nitrogens with one attached hydrogen (secondary N) is 2. The molecule has 0 aliphatic carbocycles. The second-order valence-electron chi connectivity index (χ2n) is 4.26. The van der Waals surface area contributed by atoms with E-state index >= 15 is 0 Å². The lowest BCUT2D eigenvalue weighted by atomic mass is 10.3.